The van der Waals surface area contributed by atoms with Crippen molar-refractivity contribution in [1.82, 2.24) is 10.1 Å². The van der Waals surface area contributed by atoms with E-state index in [0.29, 0.717) is 18.0 Å². The van der Waals surface area contributed by atoms with Crippen LogP contribution in [0.25, 0.3) is 11.5 Å². The number of nitrogens with two attached hydrogens (primary N) is 1. The summed E-state index contributed by atoms with van der Waals surface area (Å²) in [5.74, 6) is 2.43. The summed E-state index contributed by atoms with van der Waals surface area (Å²) in [5, 5.41) is 14.6. The fourth-order valence-corrected chi connectivity index (χ4v) is 2.81. The summed E-state index contributed by atoms with van der Waals surface area (Å²) < 4.78 is 10.8. The van der Waals surface area contributed by atoms with Gasteiger partial charge in [-0.3, -0.25) is 10.1 Å². The van der Waals surface area contributed by atoms with Crippen LogP contribution in [0.5, 0.6) is 0 Å². The maximum atomic E-state index is 10.7. The fourth-order valence-electron chi connectivity index (χ4n) is 1.97. The third-order valence-corrected chi connectivity index (χ3v) is 4.02. The van der Waals surface area contributed by atoms with E-state index in [1.807, 2.05) is 0 Å². The predicted molar refractivity (Wildman–Crippen MR) is 76.8 cm³/mol. The Morgan fingerprint density at radius 2 is 2.33 bits per heavy atom. The minimum absolute atomic E-state index is 0.0806. The number of hydrogen-bond donors (Lipinski definition) is 1. The average Bonchev–Trinajstić information content (AvgIpc) is 2.97. The first kappa shape index (κ1) is 13.8. The van der Waals surface area contributed by atoms with E-state index < -0.39 is 4.92 Å². The zero-order valence-electron chi connectivity index (χ0n) is 10.9. The molecule has 1 fully saturated rings. The van der Waals surface area contributed by atoms with Crippen molar-refractivity contribution in [3.8, 4) is 11.5 Å². The van der Waals surface area contributed by atoms with Crippen LogP contribution < -0.4 is 5.73 Å². The molecule has 0 spiro atoms. The number of ether oxygens (including phenoxy) is 1. The number of hydrogen-bond acceptors (Lipinski definition) is 8. The quantitative estimate of drug-likeness (QED) is 0.520. The first-order valence-electron chi connectivity index (χ1n) is 6.22. The fraction of sp³-hybridized carbons (Fsp3) is 0.333. The number of nitrogens with zero attached hydrogens (tertiary/aromatic N) is 3. The minimum atomic E-state index is -0.507. The first-order chi connectivity index (χ1) is 10.1. The van der Waals surface area contributed by atoms with Crippen LogP contribution in [0.3, 0.4) is 0 Å². The zero-order valence-corrected chi connectivity index (χ0v) is 11.7. The number of anilines is 1. The second-order valence-electron chi connectivity index (χ2n) is 4.42. The second-order valence-corrected chi connectivity index (χ2v) is 5.57. The van der Waals surface area contributed by atoms with E-state index in [1.54, 1.807) is 11.8 Å². The topological polar surface area (TPSA) is 117 Å². The normalized spacial score (nSPS) is 18.6. The Labute approximate surface area is 123 Å². The van der Waals surface area contributed by atoms with Gasteiger partial charge in [0.05, 0.1) is 22.8 Å². The van der Waals surface area contributed by atoms with E-state index in [-0.39, 0.29) is 23.4 Å². The van der Waals surface area contributed by atoms with E-state index in [2.05, 4.69) is 10.1 Å². The van der Waals surface area contributed by atoms with Crippen LogP contribution in [-0.2, 0) is 4.74 Å². The number of aromatic nitrogens is 2. The lowest BCUT2D eigenvalue weighted by Gasteiger charge is -2.18. The molecule has 8 nitrogen and oxygen atoms in total. The molecule has 0 radical (unpaired) electrons. The highest BCUT2D eigenvalue weighted by molar-refractivity contribution is 7.99. The maximum absolute atomic E-state index is 10.7. The van der Waals surface area contributed by atoms with Gasteiger partial charge in [-0.25, -0.2) is 0 Å². The Kier molecular flexibility index (Phi) is 3.76. The van der Waals surface area contributed by atoms with Crippen molar-refractivity contribution in [2.75, 3.05) is 23.8 Å². The van der Waals surface area contributed by atoms with Gasteiger partial charge in [-0.15, -0.1) is 0 Å². The van der Waals surface area contributed by atoms with Gasteiger partial charge in [0.1, 0.15) is 6.10 Å². The zero-order chi connectivity index (χ0) is 14.8. The molecule has 1 saturated heterocycles. The SMILES string of the molecule is Nc1cc([N+](=O)[O-])ccc1-c1nc(C2CSCCO2)no1. The van der Waals surface area contributed by atoms with Crippen molar-refractivity contribution < 1.29 is 14.2 Å². The van der Waals surface area contributed by atoms with Crippen LogP contribution in [-0.4, -0.2) is 33.2 Å². The molecule has 110 valence electrons. The lowest BCUT2D eigenvalue weighted by atomic mass is 10.1. The molecule has 0 saturated carbocycles. The van der Waals surface area contributed by atoms with Crippen molar-refractivity contribution in [2.45, 2.75) is 6.10 Å². The molecule has 0 amide bonds. The first-order valence-corrected chi connectivity index (χ1v) is 7.38. The third-order valence-electron chi connectivity index (χ3n) is 3.02. The van der Waals surface area contributed by atoms with Crippen molar-refractivity contribution in [3.05, 3.63) is 34.1 Å². The number of thioether (sulfide) groups is 1. The Hall–Kier alpha value is -2.13. The molecule has 1 aromatic heterocycles. The molecule has 2 heterocycles. The molecule has 21 heavy (non-hydrogen) atoms. The lowest BCUT2D eigenvalue weighted by Crippen LogP contribution is -2.16. The van der Waals surface area contributed by atoms with Gasteiger partial charge in [-0.2, -0.15) is 16.7 Å². The van der Waals surface area contributed by atoms with Gasteiger partial charge in [0.25, 0.3) is 11.6 Å². The molecule has 2 aromatic rings. The molecule has 9 heteroatoms. The Morgan fingerprint density at radius 3 is 3.00 bits per heavy atom. The van der Waals surface area contributed by atoms with Crippen LogP contribution in [0.4, 0.5) is 11.4 Å². The van der Waals surface area contributed by atoms with Crippen molar-refractivity contribution in [2.24, 2.45) is 0 Å². The second kappa shape index (κ2) is 5.70. The van der Waals surface area contributed by atoms with E-state index in [4.69, 9.17) is 15.0 Å². The maximum Gasteiger partial charge on any atom is 0.271 e. The Balaban J connectivity index is 1.87. The number of nitro benzene ring substituents is 1. The summed E-state index contributed by atoms with van der Waals surface area (Å²) >= 11 is 1.76. The average molecular weight is 308 g/mol. The van der Waals surface area contributed by atoms with Gasteiger partial charge in [0, 0.05) is 23.6 Å². The molecule has 0 aliphatic carbocycles. The summed E-state index contributed by atoms with van der Waals surface area (Å²) in [7, 11) is 0. The van der Waals surface area contributed by atoms with Crippen LogP contribution in [0.1, 0.15) is 11.9 Å². The standard InChI is InChI=1S/C12H12N4O4S/c13-9-5-7(16(17)18)1-2-8(9)12-14-11(15-20-12)10-6-21-4-3-19-10/h1-2,5,10H,3-4,6,13H2. The molecule has 1 aromatic carbocycles. The van der Waals surface area contributed by atoms with Crippen LogP contribution in [0.15, 0.2) is 22.7 Å². The van der Waals surface area contributed by atoms with E-state index >= 15 is 0 Å². The van der Waals surface area contributed by atoms with Crippen LogP contribution in [0.2, 0.25) is 0 Å². The summed E-state index contributed by atoms with van der Waals surface area (Å²) in [4.78, 5) is 14.5. The predicted octanol–water partition coefficient (Wildman–Crippen LogP) is 2.03. The molecule has 1 unspecified atom stereocenters. The van der Waals surface area contributed by atoms with Crippen molar-refractivity contribution in [1.29, 1.82) is 0 Å². The minimum Gasteiger partial charge on any atom is -0.398 e. The van der Waals surface area contributed by atoms with Gasteiger partial charge in [-0.05, 0) is 6.07 Å². The third kappa shape index (κ3) is 2.83. The van der Waals surface area contributed by atoms with Crippen LogP contribution >= 0.6 is 11.8 Å². The van der Waals surface area contributed by atoms with Gasteiger partial charge >= 0.3 is 0 Å². The van der Waals surface area contributed by atoms with Gasteiger partial charge in [-0.1, -0.05) is 5.16 Å². The highest BCUT2D eigenvalue weighted by Gasteiger charge is 2.23. The molecule has 2 N–H and O–H groups in total. The van der Waals surface area contributed by atoms with Gasteiger partial charge in [0.2, 0.25) is 5.82 Å². The van der Waals surface area contributed by atoms with Gasteiger partial charge in [0.15, 0.2) is 0 Å². The molecule has 1 atom stereocenters. The lowest BCUT2D eigenvalue weighted by molar-refractivity contribution is -0.384. The molecule has 3 rings (SSSR count). The number of rotatable bonds is 3. The van der Waals surface area contributed by atoms with Crippen molar-refractivity contribution in [3.63, 3.8) is 0 Å². The molecular formula is C12H12N4O4S. The molecule has 1 aliphatic rings. The highest BCUT2D eigenvalue weighted by Crippen LogP contribution is 2.30. The Bertz CT molecular complexity index is 669. The van der Waals surface area contributed by atoms with Gasteiger partial charge < -0.3 is 15.0 Å². The van der Waals surface area contributed by atoms with E-state index in [0.717, 1.165) is 11.5 Å². The highest BCUT2D eigenvalue weighted by atomic mass is 32.2. The monoisotopic (exact) mass is 308 g/mol. The molecular weight excluding hydrogens is 296 g/mol. The van der Waals surface area contributed by atoms with E-state index in [9.17, 15) is 10.1 Å². The summed E-state index contributed by atoms with van der Waals surface area (Å²) in [5.41, 5.74) is 6.43. The number of benzene rings is 1. The number of non-ortho nitro benzene ring substituents is 1. The van der Waals surface area contributed by atoms with Crippen LogP contribution in [0, 0.1) is 10.1 Å². The smallest absolute Gasteiger partial charge is 0.271 e. The largest absolute Gasteiger partial charge is 0.398 e. The number of nitrogen functional groups attached to an aromatic ring is 1. The summed E-state index contributed by atoms with van der Waals surface area (Å²) in [6.07, 6.45) is -0.194. The van der Waals surface area contributed by atoms with Crippen molar-refractivity contribution >= 4 is 23.1 Å². The molecule has 1 aliphatic heterocycles. The summed E-state index contributed by atoms with van der Waals surface area (Å²) in [6, 6.07) is 4.12. The Morgan fingerprint density at radius 1 is 1.48 bits per heavy atom. The molecule has 0 bridgehead atoms. The number of nitro groups is 1. The summed E-state index contributed by atoms with van der Waals surface area (Å²) in [6.45, 7) is 0.652. The van der Waals surface area contributed by atoms with E-state index in [1.165, 1.54) is 18.2 Å².